The van der Waals surface area contributed by atoms with Gasteiger partial charge in [0.05, 0.1) is 58.6 Å². The third-order valence-electron chi connectivity index (χ3n) is 7.37. The molecule has 2 atom stereocenters. The van der Waals surface area contributed by atoms with Gasteiger partial charge in [-0.25, -0.2) is 0 Å². The molecule has 3 aromatic rings. The second-order valence-electron chi connectivity index (χ2n) is 10.1. The summed E-state index contributed by atoms with van der Waals surface area (Å²) in [7, 11) is 0. The zero-order chi connectivity index (χ0) is 26.6. The van der Waals surface area contributed by atoms with Gasteiger partial charge in [-0.05, 0) is 44.4 Å². The topological polar surface area (TPSA) is 101 Å². The van der Waals surface area contributed by atoms with Crippen molar-refractivity contribution in [1.82, 2.24) is 14.8 Å². The molecule has 1 aliphatic heterocycles. The Balaban J connectivity index is 1.33. The zero-order valence-corrected chi connectivity index (χ0v) is 23.2. The molecule has 2 fully saturated rings. The van der Waals surface area contributed by atoms with Gasteiger partial charge < -0.3 is 15.4 Å². The number of hydrogen-bond donors (Lipinski definition) is 2. The summed E-state index contributed by atoms with van der Waals surface area (Å²) in [5.41, 5.74) is 2.34. The van der Waals surface area contributed by atoms with Gasteiger partial charge >= 0.3 is 0 Å². The van der Waals surface area contributed by atoms with Crippen molar-refractivity contribution < 1.29 is 14.3 Å². The van der Waals surface area contributed by atoms with Crippen LogP contribution in [0.25, 0.3) is 0 Å². The third-order valence-corrected chi connectivity index (χ3v) is 8.85. The van der Waals surface area contributed by atoms with Crippen LogP contribution >= 0.6 is 22.9 Å². The summed E-state index contributed by atoms with van der Waals surface area (Å²) in [4.78, 5) is 33.0. The van der Waals surface area contributed by atoms with Gasteiger partial charge in [-0.3, -0.25) is 24.2 Å². The SMILES string of the molecule is Cc1ncc(Cl)cc1N[C@@H](C)c1ccc(N(C=O)[C@@H](CC2CCCC2)C(=O)Nc2cnn(C3COC3)c2)s1. The number of pyridine rings is 1. The number of amides is 2. The highest BCUT2D eigenvalue weighted by molar-refractivity contribution is 7.16. The van der Waals surface area contributed by atoms with Gasteiger partial charge in [0, 0.05) is 17.3 Å². The predicted molar refractivity (Wildman–Crippen MR) is 150 cm³/mol. The molecule has 0 radical (unpaired) electrons. The molecule has 9 nitrogen and oxygen atoms in total. The Morgan fingerprint density at radius 2 is 2.11 bits per heavy atom. The molecule has 2 N–H and O–H groups in total. The minimum Gasteiger partial charge on any atom is -0.377 e. The van der Waals surface area contributed by atoms with E-state index in [4.69, 9.17) is 16.3 Å². The first-order valence-electron chi connectivity index (χ1n) is 13.1. The molecule has 0 bridgehead atoms. The van der Waals surface area contributed by atoms with Crippen LogP contribution in [0, 0.1) is 12.8 Å². The van der Waals surface area contributed by atoms with Crippen LogP contribution in [0.1, 0.15) is 61.7 Å². The molecule has 4 heterocycles. The second kappa shape index (κ2) is 11.8. The molecule has 3 aromatic heterocycles. The molecule has 0 aromatic carbocycles. The minimum absolute atomic E-state index is 0.0374. The van der Waals surface area contributed by atoms with E-state index in [0.717, 1.165) is 40.5 Å². The van der Waals surface area contributed by atoms with Gasteiger partial charge in [0.2, 0.25) is 12.3 Å². The highest BCUT2D eigenvalue weighted by Gasteiger charge is 2.32. The van der Waals surface area contributed by atoms with Gasteiger partial charge in [-0.15, -0.1) is 11.3 Å². The van der Waals surface area contributed by atoms with Crippen molar-refractivity contribution >= 4 is 51.6 Å². The van der Waals surface area contributed by atoms with Crippen LogP contribution in [0.15, 0.2) is 36.8 Å². The maximum Gasteiger partial charge on any atom is 0.247 e. The van der Waals surface area contributed by atoms with Crippen molar-refractivity contribution in [2.45, 2.75) is 64.1 Å². The first-order chi connectivity index (χ1) is 18.4. The number of anilines is 3. The van der Waals surface area contributed by atoms with Gasteiger partial charge in [0.15, 0.2) is 0 Å². The van der Waals surface area contributed by atoms with Crippen LogP contribution in [0.2, 0.25) is 5.02 Å². The second-order valence-corrected chi connectivity index (χ2v) is 11.7. The summed E-state index contributed by atoms with van der Waals surface area (Å²) in [6.45, 7) is 5.23. The van der Waals surface area contributed by atoms with E-state index in [1.54, 1.807) is 17.3 Å². The summed E-state index contributed by atoms with van der Waals surface area (Å²) >= 11 is 7.64. The van der Waals surface area contributed by atoms with E-state index in [0.29, 0.717) is 36.3 Å². The van der Waals surface area contributed by atoms with Gasteiger partial charge in [-0.2, -0.15) is 5.10 Å². The molecular weight excluding hydrogens is 524 g/mol. The molecule has 1 saturated heterocycles. The first kappa shape index (κ1) is 26.6. The Kier molecular flexibility index (Phi) is 8.30. The van der Waals surface area contributed by atoms with Crippen LogP contribution < -0.4 is 15.5 Å². The predicted octanol–water partition coefficient (Wildman–Crippen LogP) is 5.60. The number of aryl methyl sites for hydroxylation is 1. The number of carbonyl (C=O) groups is 2. The lowest BCUT2D eigenvalue weighted by atomic mass is 9.97. The fraction of sp³-hybridized carbons (Fsp3) is 0.481. The zero-order valence-electron chi connectivity index (χ0n) is 21.6. The fourth-order valence-corrected chi connectivity index (χ4v) is 6.25. The molecule has 2 amide bonds. The van der Waals surface area contributed by atoms with Crippen LogP contribution in [-0.2, 0) is 14.3 Å². The minimum atomic E-state index is -0.611. The van der Waals surface area contributed by atoms with Gasteiger partial charge in [0.25, 0.3) is 0 Å². The Hall–Kier alpha value is -2.95. The maximum absolute atomic E-state index is 13.6. The number of nitrogens with one attached hydrogen (secondary N) is 2. The van der Waals surface area contributed by atoms with E-state index in [2.05, 4.69) is 27.6 Å². The van der Waals surface area contributed by atoms with Crippen molar-refractivity contribution in [1.29, 1.82) is 0 Å². The average Bonchev–Trinajstić information content (AvgIpc) is 3.63. The van der Waals surface area contributed by atoms with Crippen LogP contribution in [0.3, 0.4) is 0 Å². The van der Waals surface area contributed by atoms with Crippen LogP contribution in [0.4, 0.5) is 16.4 Å². The Morgan fingerprint density at radius 3 is 2.82 bits per heavy atom. The summed E-state index contributed by atoms with van der Waals surface area (Å²) in [6.07, 6.45) is 11.0. The van der Waals surface area contributed by atoms with Crippen molar-refractivity contribution in [3.63, 3.8) is 0 Å². The molecule has 2 aliphatic rings. The molecule has 0 unspecified atom stereocenters. The molecule has 1 saturated carbocycles. The van der Waals surface area contributed by atoms with Gasteiger partial charge in [0.1, 0.15) is 6.04 Å². The Bertz CT molecular complexity index is 1270. The number of carbonyl (C=O) groups excluding carboxylic acids is 2. The monoisotopic (exact) mass is 556 g/mol. The Labute approximate surface area is 231 Å². The number of aromatic nitrogens is 3. The Morgan fingerprint density at radius 1 is 1.32 bits per heavy atom. The van der Waals surface area contributed by atoms with E-state index >= 15 is 0 Å². The molecule has 5 rings (SSSR count). The van der Waals surface area contributed by atoms with Crippen molar-refractivity contribution in [2.75, 3.05) is 28.7 Å². The number of halogens is 1. The fourth-order valence-electron chi connectivity index (χ4n) is 5.06. The molecule has 11 heteroatoms. The molecular formula is C27H33ClN6O3S. The van der Waals surface area contributed by atoms with E-state index in [1.807, 2.05) is 36.0 Å². The molecule has 202 valence electrons. The summed E-state index contributed by atoms with van der Waals surface area (Å²) in [5.74, 6) is 0.219. The molecule has 38 heavy (non-hydrogen) atoms. The lowest BCUT2D eigenvalue weighted by Gasteiger charge is -2.28. The van der Waals surface area contributed by atoms with E-state index in [9.17, 15) is 9.59 Å². The summed E-state index contributed by atoms with van der Waals surface area (Å²) in [6, 6.07) is 5.32. The highest BCUT2D eigenvalue weighted by Crippen LogP contribution is 2.36. The summed E-state index contributed by atoms with van der Waals surface area (Å²) in [5, 5.41) is 12.1. The third kappa shape index (κ3) is 6.03. The standard InChI is InChI=1S/C27H33ClN6O3S/c1-17-23(10-20(28)11-29-17)31-18(2)25-7-8-26(38-25)33(16-35)24(9-19-5-3-4-6-19)27(36)32-21-12-30-34(13-21)22-14-37-15-22/h7-8,10-13,16,18-19,22,24,31H,3-6,9,14-15H2,1-2H3,(H,32,36)/t18-,24-/m0/s1. The van der Waals surface area contributed by atoms with Crippen LogP contribution in [0.5, 0.6) is 0 Å². The lowest BCUT2D eigenvalue weighted by Crippen LogP contribution is -2.44. The first-order valence-corrected chi connectivity index (χ1v) is 14.3. The molecule has 0 spiro atoms. The van der Waals surface area contributed by atoms with Crippen LogP contribution in [-0.4, -0.2) is 46.3 Å². The average molecular weight is 557 g/mol. The van der Waals surface area contributed by atoms with Crippen molar-refractivity contribution in [3.05, 3.63) is 52.4 Å². The summed E-state index contributed by atoms with van der Waals surface area (Å²) < 4.78 is 7.06. The quantitative estimate of drug-likeness (QED) is 0.298. The highest BCUT2D eigenvalue weighted by atomic mass is 35.5. The normalized spacial score (nSPS) is 17.6. The number of nitrogens with zero attached hydrogens (tertiary/aromatic N) is 4. The molecule has 1 aliphatic carbocycles. The number of ether oxygens (including phenoxy) is 1. The number of rotatable bonds is 11. The van der Waals surface area contributed by atoms with Gasteiger partial charge in [-0.1, -0.05) is 37.3 Å². The smallest absolute Gasteiger partial charge is 0.247 e. The van der Waals surface area contributed by atoms with E-state index < -0.39 is 6.04 Å². The maximum atomic E-state index is 13.6. The van der Waals surface area contributed by atoms with E-state index in [1.165, 1.54) is 24.2 Å². The van der Waals surface area contributed by atoms with E-state index in [-0.39, 0.29) is 18.0 Å². The largest absolute Gasteiger partial charge is 0.377 e. The number of hydrogen-bond acceptors (Lipinski definition) is 7. The van der Waals surface area contributed by atoms with Crippen molar-refractivity contribution in [3.8, 4) is 0 Å². The number of thiophene rings is 1. The van der Waals surface area contributed by atoms with Crippen molar-refractivity contribution in [2.24, 2.45) is 5.92 Å². The lowest BCUT2D eigenvalue weighted by molar-refractivity contribution is -0.119.